The van der Waals surface area contributed by atoms with Crippen LogP contribution < -0.4 is 5.14 Å². The van der Waals surface area contributed by atoms with Crippen LogP contribution in [0.5, 0.6) is 0 Å². The van der Waals surface area contributed by atoms with Gasteiger partial charge in [0.25, 0.3) is 0 Å². The highest BCUT2D eigenvalue weighted by atomic mass is 32.2. The molecule has 4 heteroatoms. The predicted molar refractivity (Wildman–Crippen MR) is 46.5 cm³/mol. The van der Waals surface area contributed by atoms with Crippen LogP contribution in [0.25, 0.3) is 0 Å². The third-order valence-electron chi connectivity index (χ3n) is 1.86. The zero-order chi connectivity index (χ0) is 9.07. The molecule has 0 aliphatic rings. The first kappa shape index (κ1) is 10.7. The quantitative estimate of drug-likeness (QED) is 0.648. The maximum atomic E-state index is 10.8. The Labute approximate surface area is 68.3 Å². The molecule has 0 aromatic carbocycles. The number of rotatable bonds is 4. The average molecular weight is 177 g/mol. The Hall–Kier alpha value is -0.350. The van der Waals surface area contributed by atoms with E-state index in [-0.39, 0.29) is 5.92 Å². The summed E-state index contributed by atoms with van der Waals surface area (Å²) in [6.07, 6.45) is 2.38. The highest BCUT2D eigenvalue weighted by Gasteiger charge is 2.21. The predicted octanol–water partition coefficient (Wildman–Crippen LogP) is 0.876. The molecule has 0 aromatic heterocycles. The summed E-state index contributed by atoms with van der Waals surface area (Å²) in [6, 6.07) is 0. The lowest BCUT2D eigenvalue weighted by Crippen LogP contribution is -2.31. The van der Waals surface area contributed by atoms with Gasteiger partial charge in [-0.05, 0) is 19.3 Å². The van der Waals surface area contributed by atoms with Crippen LogP contribution in [0.2, 0.25) is 0 Å². The molecular weight excluding hydrogens is 162 g/mol. The molecule has 0 fully saturated rings. The number of primary sulfonamides is 1. The zero-order valence-electron chi connectivity index (χ0n) is 6.95. The van der Waals surface area contributed by atoms with Crippen LogP contribution in [0.3, 0.4) is 0 Å². The van der Waals surface area contributed by atoms with Gasteiger partial charge < -0.3 is 0 Å². The minimum atomic E-state index is -3.37. The molecule has 0 saturated heterocycles. The standard InChI is InChI=1S/C7H15NO2S/c1-4-5-6(2)7(3)11(8,9)10/h4,6-7H,1,5H2,2-3H3,(H2,8,9,10)/t6-,7-/m0/s1. The van der Waals surface area contributed by atoms with Gasteiger partial charge in [-0.2, -0.15) is 0 Å². The molecule has 0 aromatic rings. The number of hydrogen-bond acceptors (Lipinski definition) is 2. The van der Waals surface area contributed by atoms with E-state index in [4.69, 9.17) is 5.14 Å². The molecule has 0 aliphatic carbocycles. The molecule has 66 valence electrons. The second kappa shape index (κ2) is 3.88. The van der Waals surface area contributed by atoms with E-state index in [9.17, 15) is 8.42 Å². The minimum Gasteiger partial charge on any atom is -0.228 e. The summed E-state index contributed by atoms with van der Waals surface area (Å²) in [7, 11) is -3.37. The number of hydrogen-bond donors (Lipinski definition) is 1. The van der Waals surface area contributed by atoms with Gasteiger partial charge in [0.15, 0.2) is 0 Å². The van der Waals surface area contributed by atoms with Crippen LogP contribution in [0.15, 0.2) is 12.7 Å². The van der Waals surface area contributed by atoms with Crippen molar-refractivity contribution >= 4 is 10.0 Å². The van der Waals surface area contributed by atoms with Gasteiger partial charge >= 0.3 is 0 Å². The van der Waals surface area contributed by atoms with E-state index in [1.165, 1.54) is 0 Å². The van der Waals surface area contributed by atoms with Gasteiger partial charge in [0.05, 0.1) is 5.25 Å². The summed E-state index contributed by atoms with van der Waals surface area (Å²) >= 11 is 0. The first-order valence-corrected chi connectivity index (χ1v) is 5.13. The molecule has 11 heavy (non-hydrogen) atoms. The molecule has 0 rings (SSSR count). The van der Waals surface area contributed by atoms with E-state index in [1.807, 2.05) is 6.92 Å². The highest BCUT2D eigenvalue weighted by molar-refractivity contribution is 7.89. The van der Waals surface area contributed by atoms with Crippen molar-refractivity contribution in [3.05, 3.63) is 12.7 Å². The molecule has 0 unspecified atom stereocenters. The lowest BCUT2D eigenvalue weighted by atomic mass is 10.1. The van der Waals surface area contributed by atoms with Crippen molar-refractivity contribution in [3.8, 4) is 0 Å². The van der Waals surface area contributed by atoms with Crippen molar-refractivity contribution in [2.75, 3.05) is 0 Å². The summed E-state index contributed by atoms with van der Waals surface area (Å²) in [6.45, 7) is 6.99. The summed E-state index contributed by atoms with van der Waals surface area (Å²) in [5, 5.41) is 4.46. The summed E-state index contributed by atoms with van der Waals surface area (Å²) < 4.78 is 21.6. The van der Waals surface area contributed by atoms with Crippen molar-refractivity contribution in [2.45, 2.75) is 25.5 Å². The van der Waals surface area contributed by atoms with Crippen LogP contribution in [-0.2, 0) is 10.0 Å². The highest BCUT2D eigenvalue weighted by Crippen LogP contribution is 2.13. The normalized spacial score (nSPS) is 17.4. The fourth-order valence-electron chi connectivity index (χ4n) is 0.778. The fourth-order valence-corrected chi connectivity index (χ4v) is 1.54. The van der Waals surface area contributed by atoms with Crippen LogP contribution in [0.4, 0.5) is 0 Å². The van der Waals surface area contributed by atoms with Crippen molar-refractivity contribution in [3.63, 3.8) is 0 Å². The number of nitrogens with two attached hydrogens (primary N) is 1. The largest absolute Gasteiger partial charge is 0.228 e. The Morgan fingerprint density at radius 2 is 2.00 bits per heavy atom. The fraction of sp³-hybridized carbons (Fsp3) is 0.714. The van der Waals surface area contributed by atoms with Gasteiger partial charge in [0, 0.05) is 0 Å². The Morgan fingerprint density at radius 1 is 1.55 bits per heavy atom. The molecular formula is C7H15NO2S. The lowest BCUT2D eigenvalue weighted by molar-refractivity contribution is 0.526. The van der Waals surface area contributed by atoms with Gasteiger partial charge in [-0.15, -0.1) is 6.58 Å². The van der Waals surface area contributed by atoms with Crippen LogP contribution in [0, 0.1) is 5.92 Å². The van der Waals surface area contributed by atoms with Crippen molar-refractivity contribution in [1.29, 1.82) is 0 Å². The van der Waals surface area contributed by atoms with Gasteiger partial charge in [0.1, 0.15) is 0 Å². The van der Waals surface area contributed by atoms with E-state index < -0.39 is 15.3 Å². The zero-order valence-corrected chi connectivity index (χ0v) is 7.76. The summed E-state index contributed by atoms with van der Waals surface area (Å²) in [4.78, 5) is 0. The molecule has 0 saturated carbocycles. The van der Waals surface area contributed by atoms with Gasteiger partial charge in [0.2, 0.25) is 10.0 Å². The Bertz CT molecular complexity index is 221. The van der Waals surface area contributed by atoms with Gasteiger partial charge in [-0.25, -0.2) is 13.6 Å². The molecule has 0 heterocycles. The van der Waals surface area contributed by atoms with E-state index in [1.54, 1.807) is 13.0 Å². The third kappa shape index (κ3) is 3.53. The maximum absolute atomic E-state index is 10.8. The first-order valence-electron chi connectivity index (χ1n) is 3.52. The Morgan fingerprint density at radius 3 is 2.27 bits per heavy atom. The maximum Gasteiger partial charge on any atom is 0.211 e. The lowest BCUT2D eigenvalue weighted by Gasteiger charge is -2.15. The number of sulfonamides is 1. The van der Waals surface area contributed by atoms with E-state index >= 15 is 0 Å². The molecule has 0 spiro atoms. The molecule has 0 aliphatic heterocycles. The SMILES string of the molecule is C=CC[C@H](C)[C@H](C)S(N)(=O)=O. The molecule has 0 amide bonds. The van der Waals surface area contributed by atoms with Gasteiger partial charge in [-0.1, -0.05) is 13.0 Å². The molecule has 3 nitrogen and oxygen atoms in total. The van der Waals surface area contributed by atoms with E-state index in [0.717, 1.165) is 0 Å². The molecule has 0 bridgehead atoms. The second-order valence-corrected chi connectivity index (χ2v) is 4.72. The van der Waals surface area contributed by atoms with Crippen molar-refractivity contribution in [2.24, 2.45) is 11.1 Å². The van der Waals surface area contributed by atoms with Gasteiger partial charge in [-0.3, -0.25) is 0 Å². The summed E-state index contributed by atoms with van der Waals surface area (Å²) in [5.74, 6) is 0.0440. The third-order valence-corrected chi connectivity index (χ3v) is 3.36. The van der Waals surface area contributed by atoms with E-state index in [2.05, 4.69) is 6.58 Å². The smallest absolute Gasteiger partial charge is 0.211 e. The molecule has 0 radical (unpaired) electrons. The summed E-state index contributed by atoms with van der Waals surface area (Å²) in [5.41, 5.74) is 0. The van der Waals surface area contributed by atoms with Crippen molar-refractivity contribution in [1.82, 2.24) is 0 Å². The monoisotopic (exact) mass is 177 g/mol. The first-order chi connectivity index (χ1) is 4.89. The molecule has 2 N–H and O–H groups in total. The Balaban J connectivity index is 4.25. The Kier molecular flexibility index (Phi) is 3.75. The number of allylic oxidation sites excluding steroid dienone is 1. The van der Waals surface area contributed by atoms with Crippen LogP contribution in [0.1, 0.15) is 20.3 Å². The molecule has 2 atom stereocenters. The van der Waals surface area contributed by atoms with E-state index in [0.29, 0.717) is 6.42 Å². The average Bonchev–Trinajstić information content (AvgIpc) is 1.85. The van der Waals surface area contributed by atoms with Crippen LogP contribution >= 0.6 is 0 Å². The second-order valence-electron chi connectivity index (χ2n) is 2.80. The van der Waals surface area contributed by atoms with Crippen molar-refractivity contribution < 1.29 is 8.42 Å². The minimum absolute atomic E-state index is 0.0440. The van der Waals surface area contributed by atoms with Crippen LogP contribution in [-0.4, -0.2) is 13.7 Å². The topological polar surface area (TPSA) is 60.2 Å².